The third-order valence-corrected chi connectivity index (χ3v) is 19.2. The van der Waals surface area contributed by atoms with E-state index in [-0.39, 0.29) is 177 Å². The highest BCUT2D eigenvalue weighted by Crippen LogP contribution is 2.40. The lowest BCUT2D eigenvalue weighted by atomic mass is 9.88. The van der Waals surface area contributed by atoms with E-state index in [0.29, 0.717) is 134 Å². The first-order valence-corrected chi connectivity index (χ1v) is 38.5. The number of alkyl halides is 6. The van der Waals surface area contributed by atoms with Gasteiger partial charge in [0, 0.05) is 154 Å². The molecule has 3 aliphatic carbocycles. The van der Waals surface area contributed by atoms with Crippen LogP contribution in [0, 0.1) is 0 Å². The lowest BCUT2D eigenvalue weighted by molar-refractivity contribution is -0.138. The summed E-state index contributed by atoms with van der Waals surface area (Å²) < 4.78 is 161. The molecule has 0 bridgehead atoms. The van der Waals surface area contributed by atoms with E-state index in [2.05, 4.69) is 26.6 Å². The molecule has 9 amide bonds. The smallest absolute Gasteiger partial charge is 0.407 e. The summed E-state index contributed by atoms with van der Waals surface area (Å²) >= 11 is 0. The van der Waals surface area contributed by atoms with Crippen LogP contribution in [0.1, 0.15) is 144 Å². The second-order valence-electron chi connectivity index (χ2n) is 31.5. The van der Waals surface area contributed by atoms with E-state index in [9.17, 15) is 91.8 Å². The molecule has 7 aliphatic rings. The van der Waals surface area contributed by atoms with Crippen molar-refractivity contribution in [1.82, 2.24) is 46.2 Å². The molecule has 4 aromatic rings. The highest BCUT2D eigenvalue weighted by atomic mass is 35.5. The zero-order valence-electron chi connectivity index (χ0n) is 67.9. The highest BCUT2D eigenvalue weighted by molar-refractivity contribution is 6.01. The molecule has 0 aromatic heterocycles. The molecule has 0 spiro atoms. The Labute approximate surface area is 710 Å². The number of carboxylic acid groups (broad SMARTS) is 1. The van der Waals surface area contributed by atoms with Crippen LogP contribution >= 0.6 is 24.8 Å². The first-order chi connectivity index (χ1) is 56.5. The predicted octanol–water partition coefficient (Wildman–Crippen LogP) is 10.3. The summed E-state index contributed by atoms with van der Waals surface area (Å²) in [6.07, 6.45) is 0.0304. The van der Waals surface area contributed by atoms with Gasteiger partial charge in [0.15, 0.2) is 0 Å². The molecular weight excluding hydrogens is 1670 g/mol. The van der Waals surface area contributed by atoms with Gasteiger partial charge < -0.3 is 91.2 Å². The van der Waals surface area contributed by atoms with Crippen LogP contribution in [0.15, 0.2) is 120 Å². The number of nitrogens with zero attached hydrogens (tertiary/aromatic N) is 4. The number of alkyl carbamates (subject to hydrolysis) is 2. The number of nitrogens with two attached hydrogens (primary N) is 2. The number of hydrogen-bond acceptors (Lipinski definition) is 18. The minimum atomic E-state index is -2.73. The molecule has 0 radical (unpaired) electrons. The standard InChI is InChI=1S/C24H30F3N3O5.C20H25FN2O6.2C19H22F3N3O3.2ClH/c1-23(2,3)35-22(33)28-12-15(11-25)14-34-18-4-5-19-16(8-18)6-7-30(21(19)32)13-20(31)29-17-9-24(26,27)10-17;1-20(2,3)29-19(27)22-10-13(9-21)12-28-15-4-5-16-14(8-15)6-7-23(18(16)26)11-17(24)25;2*20-8-12(9-23)11-28-15-1-2-16-13(5-15)3-4-25(18(16)27)10-17(26)24-14-6-19(21,22)7-14;;/h4-5,8,11,17H,6-7,9-10,12-14H2,1-3H3,(H,28,33)(H,29,31);4-5,8-9H,6-7,10-12H2,1-3H3,(H,22,27)(H,24,25);2*1-2,5,8,14H,3-4,6-7,9-11,23H2,(H,24,26);2*1H/b15-11+;13-9+;2*12-8+;;. The molecule has 3 saturated carbocycles. The highest BCUT2D eigenvalue weighted by Gasteiger charge is 2.48. The molecule has 4 aliphatic heterocycles. The maximum atomic E-state index is 13.2. The topological polar surface area (TPSA) is 371 Å². The summed E-state index contributed by atoms with van der Waals surface area (Å²) in [6, 6.07) is 17.8. The molecule has 4 aromatic carbocycles. The van der Waals surface area contributed by atoms with E-state index in [1.54, 1.807) is 114 Å². The van der Waals surface area contributed by atoms with Gasteiger partial charge in [-0.25, -0.2) is 53.5 Å². The van der Waals surface area contributed by atoms with Crippen molar-refractivity contribution in [3.63, 3.8) is 0 Å². The number of ether oxygens (including phenoxy) is 6. The summed E-state index contributed by atoms with van der Waals surface area (Å²) in [5.41, 5.74) is 15.2. The Morgan fingerprint density at radius 2 is 0.656 bits per heavy atom. The molecule has 4 heterocycles. The first kappa shape index (κ1) is 100.0. The Bertz CT molecular complexity index is 4390. The van der Waals surface area contributed by atoms with Gasteiger partial charge in [0.1, 0.15) is 67.2 Å². The van der Waals surface area contributed by atoms with E-state index in [1.807, 2.05) is 0 Å². The second-order valence-corrected chi connectivity index (χ2v) is 31.5. The number of carbonyl (C=O) groups is 10. The van der Waals surface area contributed by atoms with E-state index in [1.165, 1.54) is 19.6 Å². The largest absolute Gasteiger partial charge is 0.489 e. The molecule has 10 N–H and O–H groups in total. The molecule has 122 heavy (non-hydrogen) atoms. The molecule has 0 unspecified atom stereocenters. The van der Waals surface area contributed by atoms with Crippen molar-refractivity contribution in [1.29, 1.82) is 0 Å². The van der Waals surface area contributed by atoms with Crippen LogP contribution in [-0.2, 0) is 54.3 Å². The van der Waals surface area contributed by atoms with Gasteiger partial charge in [0.25, 0.3) is 41.4 Å². The third kappa shape index (κ3) is 30.9. The van der Waals surface area contributed by atoms with Crippen LogP contribution in [-0.4, -0.2) is 236 Å². The maximum Gasteiger partial charge on any atom is 0.407 e. The van der Waals surface area contributed by atoms with E-state index in [4.69, 9.17) is 45.0 Å². The molecular formula is C82H101Cl2F10N11O17. The van der Waals surface area contributed by atoms with Crippen molar-refractivity contribution >= 4 is 84.3 Å². The Morgan fingerprint density at radius 1 is 0.418 bits per heavy atom. The maximum absolute atomic E-state index is 13.2. The lowest BCUT2D eigenvalue weighted by Crippen LogP contribution is -2.53. The van der Waals surface area contributed by atoms with Crippen LogP contribution < -0.4 is 57.0 Å². The fourth-order valence-corrected chi connectivity index (χ4v) is 13.0. The fourth-order valence-electron chi connectivity index (χ4n) is 13.0. The van der Waals surface area contributed by atoms with Gasteiger partial charge in [-0.05, 0) is 162 Å². The number of nitrogens with one attached hydrogen (secondary N) is 5. The number of amides is 9. The number of carbonyl (C=O) groups excluding carboxylic acids is 9. The summed E-state index contributed by atoms with van der Waals surface area (Å²) in [7, 11) is 0. The summed E-state index contributed by atoms with van der Waals surface area (Å²) in [5, 5.41) is 21.4. The zero-order chi connectivity index (χ0) is 88.0. The van der Waals surface area contributed by atoms with Crippen molar-refractivity contribution in [2.75, 3.05) is 105 Å². The van der Waals surface area contributed by atoms with Gasteiger partial charge >= 0.3 is 18.2 Å². The third-order valence-electron chi connectivity index (χ3n) is 19.2. The Kier molecular flexibility index (Phi) is 36.7. The zero-order valence-corrected chi connectivity index (χ0v) is 69.5. The monoisotopic (exact) mass is 1770 g/mol. The normalized spacial score (nSPS) is 17.3. The number of aliphatic carboxylic acids is 1. The molecule has 28 nitrogen and oxygen atoms in total. The van der Waals surface area contributed by atoms with Gasteiger partial charge in [0.2, 0.25) is 17.7 Å². The molecule has 40 heteroatoms. The predicted molar refractivity (Wildman–Crippen MR) is 430 cm³/mol. The summed E-state index contributed by atoms with van der Waals surface area (Å²) in [5.74, 6) is -9.96. The average Bonchev–Trinajstić information content (AvgIpc) is 0.800. The first-order valence-electron chi connectivity index (χ1n) is 38.5. The quantitative estimate of drug-likeness (QED) is 0.0234. The van der Waals surface area contributed by atoms with Crippen LogP contribution in [0.5, 0.6) is 23.0 Å². The van der Waals surface area contributed by atoms with Crippen molar-refractivity contribution in [3.05, 3.63) is 165 Å². The molecule has 3 fully saturated rings. The van der Waals surface area contributed by atoms with Crippen LogP contribution in [0.4, 0.5) is 53.5 Å². The van der Waals surface area contributed by atoms with Crippen LogP contribution in [0.25, 0.3) is 0 Å². The molecule has 0 atom stereocenters. The van der Waals surface area contributed by atoms with Gasteiger partial charge in [-0.2, -0.15) is 0 Å². The Balaban J connectivity index is 0.000000251. The van der Waals surface area contributed by atoms with Gasteiger partial charge in [-0.1, -0.05) is 0 Å². The SMILES string of the molecule is CC(C)(C)OC(=O)NC/C(=C\F)COc1ccc2c(c1)CCN(CC(=O)NC1CC(F)(F)C1)C2=O.CC(C)(C)OC(=O)NC/C(=C\F)COc1ccc2c(c1)CCN(CC(=O)O)C2=O.Cl.Cl.NC/C(=C\F)COc1ccc2c(c1)CCN(CC(=O)NC1CC(F)(F)C1)C2=O.NC/C(=C\F)COc1ccc2c(c1)CCN(CC(=O)NC1CC(F)(F)C1)C2=O. The van der Waals surface area contributed by atoms with Gasteiger partial charge in [-0.3, -0.25) is 38.4 Å². The van der Waals surface area contributed by atoms with Crippen molar-refractivity contribution in [2.24, 2.45) is 11.5 Å². The van der Waals surface area contributed by atoms with Crippen LogP contribution in [0.2, 0.25) is 0 Å². The van der Waals surface area contributed by atoms with Gasteiger partial charge in [-0.15, -0.1) is 24.8 Å². The Hall–Kier alpha value is -10.9. The van der Waals surface area contributed by atoms with E-state index >= 15 is 0 Å². The molecule has 0 saturated heterocycles. The minimum Gasteiger partial charge on any atom is -0.489 e. The number of rotatable bonds is 29. The summed E-state index contributed by atoms with van der Waals surface area (Å²) in [4.78, 5) is 126. The van der Waals surface area contributed by atoms with E-state index in [0.717, 1.165) is 22.3 Å². The van der Waals surface area contributed by atoms with Crippen molar-refractivity contribution < 1.29 is 125 Å². The molecule has 11 rings (SSSR count). The number of halogens is 12. The number of hydrogen-bond donors (Lipinski definition) is 8. The number of benzene rings is 4. The van der Waals surface area contributed by atoms with Crippen molar-refractivity contribution in [3.8, 4) is 23.0 Å². The van der Waals surface area contributed by atoms with Crippen molar-refractivity contribution in [2.45, 2.75) is 153 Å². The number of fused-ring (bicyclic) bond motifs is 4. The second kappa shape index (κ2) is 44.8. The average molecular weight is 1770 g/mol. The Morgan fingerprint density at radius 3 is 0.869 bits per heavy atom. The van der Waals surface area contributed by atoms with Gasteiger partial charge in [0.05, 0.1) is 45.0 Å². The molecule has 670 valence electrons. The summed E-state index contributed by atoms with van der Waals surface area (Å²) in [6.45, 7) is 10.5. The minimum absolute atomic E-state index is 0. The lowest BCUT2D eigenvalue weighted by Gasteiger charge is -2.36. The fraction of sp³-hybridized carbons (Fsp3) is 0.488. The number of carboxylic acids is 1. The van der Waals surface area contributed by atoms with Crippen LogP contribution in [0.3, 0.4) is 0 Å². The van der Waals surface area contributed by atoms with E-state index < -0.39 is 83.0 Å².